The molecule has 0 atom stereocenters. The highest BCUT2D eigenvalue weighted by Gasteiger charge is 2.25. The van der Waals surface area contributed by atoms with Gasteiger partial charge in [0, 0.05) is 32.8 Å². The maximum Gasteiger partial charge on any atom is 0.317 e. The summed E-state index contributed by atoms with van der Waals surface area (Å²) in [5.74, 6) is 0. The molecule has 0 radical (unpaired) electrons. The molecule has 0 saturated heterocycles. The Hall–Kier alpha value is -0.810. The lowest BCUT2D eigenvalue weighted by molar-refractivity contribution is 0.150. The lowest BCUT2D eigenvalue weighted by Gasteiger charge is -2.21. The summed E-state index contributed by atoms with van der Waals surface area (Å²) in [5.41, 5.74) is 5.42. The van der Waals surface area contributed by atoms with E-state index >= 15 is 0 Å². The number of hydrogen-bond donors (Lipinski definition) is 2. The number of hydrogen-bond acceptors (Lipinski definition) is 3. The summed E-state index contributed by atoms with van der Waals surface area (Å²) in [4.78, 5) is 13.3. The third kappa shape index (κ3) is 3.93. The Morgan fingerprint density at radius 3 is 2.79 bits per heavy atom. The minimum absolute atomic E-state index is 0.0185. The number of ether oxygens (including phenoxy) is 1. The number of urea groups is 1. The maximum atomic E-state index is 11.6. The van der Waals surface area contributed by atoms with Crippen molar-refractivity contribution in [1.29, 1.82) is 0 Å². The molecule has 1 saturated carbocycles. The standard InChI is InChI=1S/C9H19N3O2/c1-14-7-6-12(5-4-10)9(13)11-8-2-3-8/h8H,2-7,10H2,1H3,(H,11,13). The zero-order chi connectivity index (χ0) is 10.4. The van der Waals surface area contributed by atoms with Crippen molar-refractivity contribution in [2.24, 2.45) is 5.73 Å². The second kappa shape index (κ2) is 5.82. The molecule has 5 nitrogen and oxygen atoms in total. The SMILES string of the molecule is COCCN(CCN)C(=O)NC1CC1. The molecular weight excluding hydrogens is 182 g/mol. The van der Waals surface area contributed by atoms with Crippen LogP contribution in [0.2, 0.25) is 0 Å². The Bertz CT molecular complexity index is 183. The normalized spacial score (nSPS) is 15.3. The van der Waals surface area contributed by atoms with E-state index in [2.05, 4.69) is 5.32 Å². The van der Waals surface area contributed by atoms with E-state index in [1.165, 1.54) is 0 Å². The van der Waals surface area contributed by atoms with Gasteiger partial charge in [-0.25, -0.2) is 4.79 Å². The summed E-state index contributed by atoms with van der Waals surface area (Å²) in [6, 6.07) is 0.375. The molecule has 1 rings (SSSR count). The van der Waals surface area contributed by atoms with E-state index in [1.54, 1.807) is 12.0 Å². The number of nitrogens with two attached hydrogens (primary N) is 1. The first-order chi connectivity index (χ1) is 6.77. The second-order valence-corrected chi connectivity index (χ2v) is 3.49. The van der Waals surface area contributed by atoms with Gasteiger partial charge in [0.1, 0.15) is 0 Å². The van der Waals surface area contributed by atoms with Crippen molar-refractivity contribution >= 4 is 6.03 Å². The van der Waals surface area contributed by atoms with Crippen LogP contribution in [0.5, 0.6) is 0 Å². The summed E-state index contributed by atoms with van der Waals surface area (Å²) in [6.07, 6.45) is 2.21. The third-order valence-corrected chi connectivity index (χ3v) is 2.16. The number of methoxy groups -OCH3 is 1. The Kier molecular flexibility index (Phi) is 4.69. The Morgan fingerprint density at radius 1 is 1.57 bits per heavy atom. The van der Waals surface area contributed by atoms with Crippen molar-refractivity contribution < 1.29 is 9.53 Å². The molecule has 1 aliphatic carbocycles. The van der Waals surface area contributed by atoms with E-state index in [1.807, 2.05) is 0 Å². The molecule has 3 N–H and O–H groups in total. The monoisotopic (exact) mass is 201 g/mol. The molecule has 82 valence electrons. The van der Waals surface area contributed by atoms with Gasteiger partial charge < -0.3 is 20.7 Å². The predicted molar refractivity (Wildman–Crippen MR) is 54.1 cm³/mol. The topological polar surface area (TPSA) is 67.6 Å². The average molecular weight is 201 g/mol. The van der Waals surface area contributed by atoms with Gasteiger partial charge in [0.15, 0.2) is 0 Å². The molecule has 1 fully saturated rings. The molecule has 0 aliphatic heterocycles. The van der Waals surface area contributed by atoms with Crippen LogP contribution in [-0.2, 0) is 4.74 Å². The fraction of sp³-hybridized carbons (Fsp3) is 0.889. The molecule has 1 aliphatic rings. The van der Waals surface area contributed by atoms with E-state index in [4.69, 9.17) is 10.5 Å². The zero-order valence-electron chi connectivity index (χ0n) is 8.66. The molecule has 0 aromatic rings. The smallest absolute Gasteiger partial charge is 0.317 e. The van der Waals surface area contributed by atoms with Gasteiger partial charge in [-0.05, 0) is 12.8 Å². The first-order valence-electron chi connectivity index (χ1n) is 5.02. The molecule has 0 bridgehead atoms. The number of carbonyl (C=O) groups is 1. The summed E-state index contributed by atoms with van der Waals surface area (Å²) in [7, 11) is 1.62. The quantitative estimate of drug-likeness (QED) is 0.623. The highest BCUT2D eigenvalue weighted by molar-refractivity contribution is 5.74. The van der Waals surface area contributed by atoms with Crippen LogP contribution in [-0.4, -0.2) is 50.3 Å². The fourth-order valence-electron chi connectivity index (χ4n) is 1.17. The Balaban J connectivity index is 2.26. The van der Waals surface area contributed by atoms with Crippen LogP contribution < -0.4 is 11.1 Å². The molecule has 0 spiro atoms. The number of carbonyl (C=O) groups excluding carboxylic acids is 1. The Morgan fingerprint density at radius 2 is 2.29 bits per heavy atom. The lowest BCUT2D eigenvalue weighted by Crippen LogP contribution is -2.44. The van der Waals surface area contributed by atoms with Gasteiger partial charge >= 0.3 is 6.03 Å². The number of nitrogens with one attached hydrogen (secondary N) is 1. The largest absolute Gasteiger partial charge is 0.383 e. The molecule has 0 unspecified atom stereocenters. The van der Waals surface area contributed by atoms with Crippen molar-refractivity contribution in [3.05, 3.63) is 0 Å². The molecule has 14 heavy (non-hydrogen) atoms. The number of nitrogens with zero attached hydrogens (tertiary/aromatic N) is 1. The van der Waals surface area contributed by atoms with Crippen LogP contribution in [0.3, 0.4) is 0 Å². The van der Waals surface area contributed by atoms with E-state index < -0.39 is 0 Å². The molecule has 5 heteroatoms. The molecule has 2 amide bonds. The minimum Gasteiger partial charge on any atom is -0.383 e. The average Bonchev–Trinajstić information content (AvgIpc) is 2.95. The van der Waals surface area contributed by atoms with Crippen molar-refractivity contribution in [2.45, 2.75) is 18.9 Å². The zero-order valence-corrected chi connectivity index (χ0v) is 8.66. The summed E-state index contributed by atoms with van der Waals surface area (Å²) in [5, 5.41) is 2.92. The van der Waals surface area contributed by atoms with Crippen molar-refractivity contribution in [3.8, 4) is 0 Å². The number of amides is 2. The first kappa shape index (κ1) is 11.3. The molecular formula is C9H19N3O2. The summed E-state index contributed by atoms with van der Waals surface area (Å²) in [6.45, 7) is 2.23. The van der Waals surface area contributed by atoms with E-state index in [0.717, 1.165) is 12.8 Å². The lowest BCUT2D eigenvalue weighted by atomic mass is 10.5. The van der Waals surface area contributed by atoms with Crippen LogP contribution in [0.4, 0.5) is 4.79 Å². The van der Waals surface area contributed by atoms with Gasteiger partial charge in [0.25, 0.3) is 0 Å². The van der Waals surface area contributed by atoms with Crippen LogP contribution in [0.15, 0.2) is 0 Å². The van der Waals surface area contributed by atoms with Gasteiger partial charge in [-0.3, -0.25) is 0 Å². The van der Waals surface area contributed by atoms with Crippen LogP contribution >= 0.6 is 0 Å². The van der Waals surface area contributed by atoms with Gasteiger partial charge in [-0.1, -0.05) is 0 Å². The van der Waals surface area contributed by atoms with Crippen LogP contribution in [0.1, 0.15) is 12.8 Å². The number of rotatable bonds is 6. The highest BCUT2D eigenvalue weighted by Crippen LogP contribution is 2.18. The highest BCUT2D eigenvalue weighted by atomic mass is 16.5. The molecule has 0 heterocycles. The van der Waals surface area contributed by atoms with E-state index in [0.29, 0.717) is 32.3 Å². The summed E-state index contributed by atoms with van der Waals surface area (Å²) < 4.78 is 4.93. The van der Waals surface area contributed by atoms with Crippen molar-refractivity contribution in [2.75, 3.05) is 33.4 Å². The second-order valence-electron chi connectivity index (χ2n) is 3.49. The summed E-state index contributed by atoms with van der Waals surface area (Å²) >= 11 is 0. The van der Waals surface area contributed by atoms with Gasteiger partial charge in [0.05, 0.1) is 6.61 Å². The van der Waals surface area contributed by atoms with E-state index in [-0.39, 0.29) is 6.03 Å². The van der Waals surface area contributed by atoms with Crippen molar-refractivity contribution in [3.63, 3.8) is 0 Å². The fourth-order valence-corrected chi connectivity index (χ4v) is 1.17. The molecule has 0 aromatic heterocycles. The van der Waals surface area contributed by atoms with E-state index in [9.17, 15) is 4.79 Å². The Labute approximate surface area is 84.6 Å². The van der Waals surface area contributed by atoms with Crippen LogP contribution in [0.25, 0.3) is 0 Å². The van der Waals surface area contributed by atoms with Crippen LogP contribution in [0, 0.1) is 0 Å². The van der Waals surface area contributed by atoms with Crippen molar-refractivity contribution in [1.82, 2.24) is 10.2 Å². The molecule has 0 aromatic carbocycles. The predicted octanol–water partition coefficient (Wildman–Crippen LogP) is -0.234. The third-order valence-electron chi connectivity index (χ3n) is 2.16. The maximum absolute atomic E-state index is 11.6. The van der Waals surface area contributed by atoms with Gasteiger partial charge in [0.2, 0.25) is 0 Å². The van der Waals surface area contributed by atoms with Gasteiger partial charge in [-0.15, -0.1) is 0 Å². The minimum atomic E-state index is -0.0185. The van der Waals surface area contributed by atoms with Gasteiger partial charge in [-0.2, -0.15) is 0 Å². The first-order valence-corrected chi connectivity index (χ1v) is 5.02.